The van der Waals surface area contributed by atoms with Gasteiger partial charge in [-0.2, -0.15) is 0 Å². The number of rotatable bonds is 6. The molecule has 0 bridgehead atoms. The first kappa shape index (κ1) is 15.4. The second-order valence-corrected chi connectivity index (χ2v) is 6.50. The molecule has 0 amide bonds. The summed E-state index contributed by atoms with van der Waals surface area (Å²) in [5.41, 5.74) is 2.15. The van der Waals surface area contributed by atoms with E-state index in [9.17, 15) is 8.42 Å². The fourth-order valence-electron chi connectivity index (χ4n) is 1.55. The molecular formula is C16H20O2S. The molecule has 0 fully saturated rings. The molecular weight excluding hydrogens is 256 g/mol. The molecule has 0 radical (unpaired) electrons. The van der Waals surface area contributed by atoms with E-state index in [2.05, 4.69) is 0 Å². The molecule has 0 saturated heterocycles. The highest BCUT2D eigenvalue weighted by Crippen LogP contribution is 2.07. The Morgan fingerprint density at radius 3 is 2.37 bits per heavy atom. The molecule has 102 valence electrons. The van der Waals surface area contributed by atoms with Crippen molar-refractivity contribution in [3.05, 3.63) is 65.8 Å². The third-order valence-corrected chi connectivity index (χ3v) is 3.91. The summed E-state index contributed by atoms with van der Waals surface area (Å²) in [6.45, 7) is 3.78. The second kappa shape index (κ2) is 7.74. The lowest BCUT2D eigenvalue weighted by atomic mass is 10.1. The van der Waals surface area contributed by atoms with Gasteiger partial charge in [-0.25, -0.2) is 8.42 Å². The maximum absolute atomic E-state index is 11.6. The number of allylic oxidation sites excluding steroid dienone is 3. The van der Waals surface area contributed by atoms with Gasteiger partial charge in [-0.3, -0.25) is 0 Å². The van der Waals surface area contributed by atoms with Crippen LogP contribution in [0.5, 0.6) is 0 Å². The minimum Gasteiger partial charge on any atom is -0.228 e. The van der Waals surface area contributed by atoms with Crippen molar-refractivity contribution >= 4 is 15.9 Å². The Bertz CT molecular complexity index is 564. The molecule has 1 rings (SSSR count). The zero-order chi connectivity index (χ0) is 14.1. The fourth-order valence-corrected chi connectivity index (χ4v) is 2.56. The van der Waals surface area contributed by atoms with E-state index < -0.39 is 9.84 Å². The summed E-state index contributed by atoms with van der Waals surface area (Å²) in [5.74, 6) is 0.187. The lowest BCUT2D eigenvalue weighted by Crippen LogP contribution is -2.07. The van der Waals surface area contributed by atoms with E-state index in [0.717, 1.165) is 11.1 Å². The van der Waals surface area contributed by atoms with Gasteiger partial charge >= 0.3 is 0 Å². The molecule has 1 aromatic carbocycles. The van der Waals surface area contributed by atoms with Gasteiger partial charge in [0.15, 0.2) is 9.84 Å². The molecule has 1 aromatic rings. The van der Waals surface area contributed by atoms with Crippen LogP contribution < -0.4 is 0 Å². The number of benzene rings is 1. The van der Waals surface area contributed by atoms with Crippen LogP contribution in [-0.4, -0.2) is 19.9 Å². The number of sulfone groups is 1. The fraction of sp³-hybridized carbons (Fsp3) is 0.250. The van der Waals surface area contributed by atoms with Crippen LogP contribution in [0.2, 0.25) is 0 Å². The lowest BCUT2D eigenvalue weighted by Gasteiger charge is -1.97. The minimum absolute atomic E-state index is 0.0807. The predicted molar refractivity (Wildman–Crippen MR) is 82.7 cm³/mol. The van der Waals surface area contributed by atoms with E-state index in [0.29, 0.717) is 0 Å². The first-order valence-corrected chi connectivity index (χ1v) is 8.07. The van der Waals surface area contributed by atoms with Crippen molar-refractivity contribution < 1.29 is 8.42 Å². The molecule has 0 unspecified atom stereocenters. The maximum Gasteiger partial charge on any atom is 0.157 e. The third kappa shape index (κ3) is 6.77. The van der Waals surface area contributed by atoms with Crippen LogP contribution in [0, 0.1) is 0 Å². The molecule has 2 nitrogen and oxygen atoms in total. The summed E-state index contributed by atoms with van der Waals surface area (Å²) in [6, 6.07) is 9.95. The van der Waals surface area contributed by atoms with E-state index in [1.54, 1.807) is 18.2 Å². The Balaban J connectivity index is 2.60. The maximum atomic E-state index is 11.6. The van der Waals surface area contributed by atoms with E-state index in [4.69, 9.17) is 0 Å². The summed E-state index contributed by atoms with van der Waals surface area (Å²) in [4.78, 5) is 0. The SMILES string of the molecule is C/C=C/CS(=O)(=O)C/C=C/C(C)=C/c1ccccc1. The average molecular weight is 276 g/mol. The highest BCUT2D eigenvalue weighted by Gasteiger charge is 2.04. The standard InChI is InChI=1S/C16H20O2S/c1-3-4-12-19(17,18)13-8-9-15(2)14-16-10-6-5-7-11-16/h3-11,14H,12-13H2,1-2H3/b4-3+,9-8+,15-14+. The van der Waals surface area contributed by atoms with Crippen molar-refractivity contribution in [2.24, 2.45) is 0 Å². The van der Waals surface area contributed by atoms with Gasteiger partial charge in [0.05, 0.1) is 11.5 Å². The third-order valence-electron chi connectivity index (χ3n) is 2.51. The van der Waals surface area contributed by atoms with E-state index in [1.807, 2.05) is 56.3 Å². The Labute approximate surface area is 116 Å². The van der Waals surface area contributed by atoms with Gasteiger partial charge in [-0.05, 0) is 19.4 Å². The van der Waals surface area contributed by atoms with Gasteiger partial charge < -0.3 is 0 Å². The Kier molecular flexibility index (Phi) is 6.30. The summed E-state index contributed by atoms with van der Waals surface area (Å²) < 4.78 is 23.2. The minimum atomic E-state index is -3.01. The van der Waals surface area contributed by atoms with Gasteiger partial charge in [0.25, 0.3) is 0 Å². The molecule has 0 atom stereocenters. The van der Waals surface area contributed by atoms with E-state index in [1.165, 1.54) is 0 Å². The summed E-state index contributed by atoms with van der Waals surface area (Å²) in [6.07, 6.45) is 8.99. The molecule has 3 heteroatoms. The molecule has 0 spiro atoms. The van der Waals surface area contributed by atoms with Crippen molar-refractivity contribution in [1.82, 2.24) is 0 Å². The second-order valence-electron chi connectivity index (χ2n) is 4.35. The zero-order valence-electron chi connectivity index (χ0n) is 11.4. The van der Waals surface area contributed by atoms with Crippen molar-refractivity contribution in [2.45, 2.75) is 13.8 Å². The van der Waals surface area contributed by atoms with Crippen LogP contribution in [0.15, 0.2) is 60.2 Å². The number of hydrogen-bond donors (Lipinski definition) is 0. The van der Waals surface area contributed by atoms with Gasteiger partial charge in [-0.15, -0.1) is 0 Å². The highest BCUT2D eigenvalue weighted by molar-refractivity contribution is 7.91. The quantitative estimate of drug-likeness (QED) is 0.587. The molecule has 19 heavy (non-hydrogen) atoms. The monoisotopic (exact) mass is 276 g/mol. The molecule has 0 heterocycles. The highest BCUT2D eigenvalue weighted by atomic mass is 32.2. The molecule has 0 saturated carbocycles. The van der Waals surface area contributed by atoms with Crippen LogP contribution in [0.4, 0.5) is 0 Å². The topological polar surface area (TPSA) is 34.1 Å². The molecule has 0 aliphatic carbocycles. The Hall–Kier alpha value is -1.61. The molecule has 0 N–H and O–H groups in total. The first-order valence-electron chi connectivity index (χ1n) is 6.25. The first-order chi connectivity index (χ1) is 9.03. The van der Waals surface area contributed by atoms with Gasteiger partial charge in [0, 0.05) is 0 Å². The molecule has 0 aromatic heterocycles. The van der Waals surface area contributed by atoms with E-state index in [-0.39, 0.29) is 11.5 Å². The Morgan fingerprint density at radius 1 is 1.11 bits per heavy atom. The Morgan fingerprint density at radius 2 is 1.74 bits per heavy atom. The van der Waals surface area contributed by atoms with Gasteiger partial charge in [0.2, 0.25) is 0 Å². The normalized spacial score (nSPS) is 13.5. The van der Waals surface area contributed by atoms with Crippen molar-refractivity contribution in [3.63, 3.8) is 0 Å². The summed E-state index contributed by atoms with van der Waals surface area (Å²) >= 11 is 0. The molecule has 0 aliphatic heterocycles. The smallest absolute Gasteiger partial charge is 0.157 e. The molecule has 0 aliphatic rings. The number of hydrogen-bond acceptors (Lipinski definition) is 2. The van der Waals surface area contributed by atoms with Crippen molar-refractivity contribution in [2.75, 3.05) is 11.5 Å². The van der Waals surface area contributed by atoms with Crippen LogP contribution >= 0.6 is 0 Å². The van der Waals surface area contributed by atoms with Crippen LogP contribution in [0.3, 0.4) is 0 Å². The van der Waals surface area contributed by atoms with Crippen LogP contribution in [-0.2, 0) is 9.84 Å². The predicted octanol–water partition coefficient (Wildman–Crippen LogP) is 3.64. The van der Waals surface area contributed by atoms with Crippen molar-refractivity contribution in [3.8, 4) is 0 Å². The zero-order valence-corrected chi connectivity index (χ0v) is 12.2. The van der Waals surface area contributed by atoms with E-state index >= 15 is 0 Å². The van der Waals surface area contributed by atoms with Gasteiger partial charge in [-0.1, -0.05) is 66.3 Å². The van der Waals surface area contributed by atoms with Crippen molar-refractivity contribution in [1.29, 1.82) is 0 Å². The van der Waals surface area contributed by atoms with Crippen LogP contribution in [0.25, 0.3) is 6.08 Å². The lowest BCUT2D eigenvalue weighted by molar-refractivity contribution is 0.602. The summed E-state index contributed by atoms with van der Waals surface area (Å²) in [5, 5.41) is 0. The largest absolute Gasteiger partial charge is 0.228 e. The van der Waals surface area contributed by atoms with Gasteiger partial charge in [0.1, 0.15) is 0 Å². The summed E-state index contributed by atoms with van der Waals surface area (Å²) in [7, 11) is -3.01. The average Bonchev–Trinajstić information content (AvgIpc) is 2.37. The van der Waals surface area contributed by atoms with Crippen LogP contribution in [0.1, 0.15) is 19.4 Å².